The van der Waals surface area contributed by atoms with Gasteiger partial charge >= 0.3 is 5.97 Å². The molecule has 1 N–H and O–H groups in total. The lowest BCUT2D eigenvalue weighted by atomic mass is 9.98. The molecule has 1 unspecified atom stereocenters. The number of ether oxygens (including phenoxy) is 3. The minimum atomic E-state index is -0.507. The van der Waals surface area contributed by atoms with Gasteiger partial charge in [-0.15, -0.1) is 0 Å². The van der Waals surface area contributed by atoms with Gasteiger partial charge in [0.1, 0.15) is 11.3 Å². The molecule has 1 heterocycles. The summed E-state index contributed by atoms with van der Waals surface area (Å²) in [6, 6.07) is 10.1. The van der Waals surface area contributed by atoms with Crippen LogP contribution in [-0.2, 0) is 4.74 Å². The van der Waals surface area contributed by atoms with Gasteiger partial charge in [-0.2, -0.15) is 0 Å². The van der Waals surface area contributed by atoms with E-state index < -0.39 is 12.1 Å². The summed E-state index contributed by atoms with van der Waals surface area (Å²) in [6.45, 7) is 0. The van der Waals surface area contributed by atoms with Crippen molar-refractivity contribution < 1.29 is 24.1 Å². The molecule has 0 fully saturated rings. The number of phenols is 1. The monoisotopic (exact) mass is 286 g/mol. The summed E-state index contributed by atoms with van der Waals surface area (Å²) in [6.07, 6.45) is -0.507. The second-order valence-electron chi connectivity index (χ2n) is 4.64. The molecule has 1 aliphatic heterocycles. The number of aromatic hydroxyl groups is 1. The zero-order valence-electron chi connectivity index (χ0n) is 11.6. The molecule has 0 bridgehead atoms. The Morgan fingerprint density at radius 3 is 2.38 bits per heavy atom. The Morgan fingerprint density at radius 1 is 1.05 bits per heavy atom. The lowest BCUT2D eigenvalue weighted by Gasteiger charge is -2.12. The largest absolute Gasteiger partial charge is 0.508 e. The third kappa shape index (κ3) is 2.07. The maximum Gasteiger partial charge on any atom is 0.343 e. The first-order chi connectivity index (χ1) is 10.2. The van der Waals surface area contributed by atoms with E-state index in [0.29, 0.717) is 17.1 Å². The number of rotatable bonds is 3. The van der Waals surface area contributed by atoms with Gasteiger partial charge in [-0.1, -0.05) is 18.2 Å². The summed E-state index contributed by atoms with van der Waals surface area (Å²) in [7, 11) is 3.00. The maximum absolute atomic E-state index is 12.2. The molecule has 5 nitrogen and oxygen atoms in total. The predicted octanol–water partition coefficient (Wildman–Crippen LogP) is 2.67. The Kier molecular flexibility index (Phi) is 3.17. The van der Waals surface area contributed by atoms with Gasteiger partial charge in [0.05, 0.1) is 14.2 Å². The molecule has 0 aliphatic carbocycles. The van der Waals surface area contributed by atoms with Crippen LogP contribution in [0.15, 0.2) is 36.4 Å². The fourth-order valence-electron chi connectivity index (χ4n) is 2.50. The van der Waals surface area contributed by atoms with E-state index in [4.69, 9.17) is 14.2 Å². The summed E-state index contributed by atoms with van der Waals surface area (Å²) in [4.78, 5) is 12.2. The van der Waals surface area contributed by atoms with Gasteiger partial charge in [-0.25, -0.2) is 4.79 Å². The highest BCUT2D eigenvalue weighted by molar-refractivity contribution is 5.98. The van der Waals surface area contributed by atoms with E-state index in [1.165, 1.54) is 14.2 Å². The van der Waals surface area contributed by atoms with Crippen LogP contribution < -0.4 is 9.47 Å². The van der Waals surface area contributed by atoms with Crippen LogP contribution >= 0.6 is 0 Å². The number of carbonyl (C=O) groups excluding carboxylic acids is 1. The highest BCUT2D eigenvalue weighted by Crippen LogP contribution is 2.44. The van der Waals surface area contributed by atoms with Gasteiger partial charge in [0, 0.05) is 5.56 Å². The second-order valence-corrected chi connectivity index (χ2v) is 4.64. The van der Waals surface area contributed by atoms with Gasteiger partial charge < -0.3 is 19.3 Å². The SMILES string of the molecule is COc1ccc2c(c1OC)C(=O)OC2c1ccc(O)cc1. The van der Waals surface area contributed by atoms with Crippen LogP contribution in [0.2, 0.25) is 0 Å². The van der Waals surface area contributed by atoms with Crippen LogP contribution in [0, 0.1) is 0 Å². The van der Waals surface area contributed by atoms with Crippen LogP contribution in [0.25, 0.3) is 0 Å². The first kappa shape index (κ1) is 13.3. The minimum Gasteiger partial charge on any atom is -0.508 e. The fourth-order valence-corrected chi connectivity index (χ4v) is 2.50. The first-order valence-corrected chi connectivity index (χ1v) is 6.40. The van der Waals surface area contributed by atoms with Gasteiger partial charge in [0.2, 0.25) is 0 Å². The quantitative estimate of drug-likeness (QED) is 0.879. The number of hydrogen-bond donors (Lipinski definition) is 1. The van der Waals surface area contributed by atoms with E-state index in [1.54, 1.807) is 36.4 Å². The average molecular weight is 286 g/mol. The van der Waals surface area contributed by atoms with Gasteiger partial charge in [-0.05, 0) is 23.8 Å². The Balaban J connectivity index is 2.12. The third-order valence-electron chi connectivity index (χ3n) is 3.49. The molecule has 0 amide bonds. The van der Waals surface area contributed by atoms with E-state index in [1.807, 2.05) is 0 Å². The van der Waals surface area contributed by atoms with E-state index in [0.717, 1.165) is 11.1 Å². The molecular weight excluding hydrogens is 272 g/mol. The molecule has 3 rings (SSSR count). The molecule has 0 radical (unpaired) electrons. The number of phenolic OH excluding ortho intramolecular Hbond substituents is 1. The minimum absolute atomic E-state index is 0.163. The number of carbonyl (C=O) groups is 1. The Labute approximate surface area is 121 Å². The lowest BCUT2D eigenvalue weighted by molar-refractivity contribution is 0.0453. The standard InChI is InChI=1S/C16H14O5/c1-19-12-8-7-11-13(15(12)20-2)16(18)21-14(11)9-3-5-10(17)6-4-9/h3-8,14,17H,1-2H3. The van der Waals surface area contributed by atoms with Crippen molar-refractivity contribution in [1.29, 1.82) is 0 Å². The van der Waals surface area contributed by atoms with Crippen molar-refractivity contribution in [3.05, 3.63) is 53.1 Å². The fraction of sp³-hybridized carbons (Fsp3) is 0.188. The van der Waals surface area contributed by atoms with Gasteiger partial charge in [-0.3, -0.25) is 0 Å². The average Bonchev–Trinajstić information content (AvgIpc) is 2.84. The number of fused-ring (bicyclic) bond motifs is 1. The molecule has 21 heavy (non-hydrogen) atoms. The highest BCUT2D eigenvalue weighted by atomic mass is 16.6. The third-order valence-corrected chi connectivity index (χ3v) is 3.49. The second kappa shape index (κ2) is 5.01. The Bertz CT molecular complexity index is 691. The highest BCUT2D eigenvalue weighted by Gasteiger charge is 2.36. The van der Waals surface area contributed by atoms with Gasteiger partial charge in [0.25, 0.3) is 0 Å². The lowest BCUT2D eigenvalue weighted by Crippen LogP contribution is -2.00. The zero-order chi connectivity index (χ0) is 15.0. The van der Waals surface area contributed by atoms with E-state index in [2.05, 4.69) is 0 Å². The van der Waals surface area contributed by atoms with Crippen LogP contribution in [0.5, 0.6) is 17.2 Å². The Hall–Kier alpha value is -2.69. The predicted molar refractivity (Wildman–Crippen MR) is 74.9 cm³/mol. The van der Waals surface area contributed by atoms with Crippen molar-refractivity contribution in [2.45, 2.75) is 6.10 Å². The molecule has 1 atom stereocenters. The molecule has 1 aliphatic rings. The number of esters is 1. The topological polar surface area (TPSA) is 65.0 Å². The summed E-state index contributed by atoms with van der Waals surface area (Å²) < 4.78 is 15.9. The molecular formula is C16H14O5. The molecule has 0 saturated carbocycles. The van der Waals surface area contributed by atoms with Crippen LogP contribution in [0.3, 0.4) is 0 Å². The van der Waals surface area contributed by atoms with E-state index in [9.17, 15) is 9.90 Å². The number of cyclic esters (lactones) is 1. The number of hydrogen-bond acceptors (Lipinski definition) is 5. The molecule has 5 heteroatoms. The van der Waals surface area contributed by atoms with E-state index in [-0.39, 0.29) is 5.75 Å². The zero-order valence-corrected chi connectivity index (χ0v) is 11.6. The summed E-state index contributed by atoms with van der Waals surface area (Å²) >= 11 is 0. The summed E-state index contributed by atoms with van der Waals surface area (Å²) in [5, 5.41) is 9.35. The van der Waals surface area contributed by atoms with Crippen LogP contribution in [0.1, 0.15) is 27.6 Å². The maximum atomic E-state index is 12.2. The van der Waals surface area contributed by atoms with Crippen molar-refractivity contribution >= 4 is 5.97 Å². The molecule has 0 spiro atoms. The molecule has 0 aromatic heterocycles. The van der Waals surface area contributed by atoms with Crippen molar-refractivity contribution in [3.8, 4) is 17.2 Å². The van der Waals surface area contributed by atoms with Crippen molar-refractivity contribution in [2.75, 3.05) is 14.2 Å². The van der Waals surface area contributed by atoms with Crippen molar-refractivity contribution in [2.24, 2.45) is 0 Å². The van der Waals surface area contributed by atoms with Crippen molar-refractivity contribution in [1.82, 2.24) is 0 Å². The smallest absolute Gasteiger partial charge is 0.343 e. The normalized spacial score (nSPS) is 16.3. The van der Waals surface area contributed by atoms with Crippen molar-refractivity contribution in [3.63, 3.8) is 0 Å². The number of methoxy groups -OCH3 is 2. The summed E-state index contributed by atoms with van der Waals surface area (Å²) in [5.74, 6) is 0.579. The molecule has 108 valence electrons. The molecule has 2 aromatic rings. The van der Waals surface area contributed by atoms with E-state index >= 15 is 0 Å². The Morgan fingerprint density at radius 2 is 1.76 bits per heavy atom. The van der Waals surface area contributed by atoms with Crippen LogP contribution in [-0.4, -0.2) is 25.3 Å². The van der Waals surface area contributed by atoms with Gasteiger partial charge in [0.15, 0.2) is 17.6 Å². The number of benzene rings is 2. The summed E-state index contributed by atoms with van der Waals surface area (Å²) in [5.41, 5.74) is 1.89. The molecule has 0 saturated heterocycles. The first-order valence-electron chi connectivity index (χ1n) is 6.40. The van der Waals surface area contributed by atoms with Crippen LogP contribution in [0.4, 0.5) is 0 Å². The molecule has 2 aromatic carbocycles.